The number of aryl methyl sites for hydroxylation is 1. The molecule has 0 aromatic carbocycles. The highest BCUT2D eigenvalue weighted by atomic mass is 16.5. The van der Waals surface area contributed by atoms with Gasteiger partial charge in [-0.05, 0) is 19.4 Å². The molecule has 2 fully saturated rings. The number of aromatic nitrogens is 2. The van der Waals surface area contributed by atoms with Crippen LogP contribution in [0.5, 0.6) is 0 Å². The van der Waals surface area contributed by atoms with Gasteiger partial charge in [0, 0.05) is 32.3 Å². The molecule has 3 rings (SSSR count). The third-order valence-electron chi connectivity index (χ3n) is 4.45. The lowest BCUT2D eigenvalue weighted by Crippen LogP contribution is -2.54. The maximum Gasteiger partial charge on any atom is 0.272 e. The zero-order chi connectivity index (χ0) is 15.7. The van der Waals surface area contributed by atoms with Crippen molar-refractivity contribution < 1.29 is 14.3 Å². The minimum Gasteiger partial charge on any atom is -0.371 e. The number of hydrogen-bond donors (Lipinski definition) is 0. The number of piperidine rings is 1. The van der Waals surface area contributed by atoms with E-state index in [1.165, 1.54) is 0 Å². The Kier molecular flexibility index (Phi) is 4.06. The van der Waals surface area contributed by atoms with Gasteiger partial charge in [0.05, 0.1) is 12.6 Å². The molecule has 2 aliphatic rings. The van der Waals surface area contributed by atoms with E-state index in [4.69, 9.17) is 4.74 Å². The molecular weight excluding hydrogens is 284 g/mol. The molecule has 2 aliphatic heterocycles. The molecule has 0 aliphatic carbocycles. The molecule has 2 atom stereocenters. The summed E-state index contributed by atoms with van der Waals surface area (Å²) in [6.45, 7) is 3.66. The smallest absolute Gasteiger partial charge is 0.272 e. The van der Waals surface area contributed by atoms with Crippen molar-refractivity contribution in [1.82, 2.24) is 19.8 Å². The molecule has 22 heavy (non-hydrogen) atoms. The second kappa shape index (κ2) is 6.00. The second-order valence-electron chi connectivity index (χ2n) is 5.88. The molecule has 0 N–H and O–H groups in total. The van der Waals surface area contributed by atoms with Crippen LogP contribution in [0.25, 0.3) is 0 Å². The fraction of sp³-hybridized carbons (Fsp3) is 0.600. The monoisotopic (exact) mass is 304 g/mol. The largest absolute Gasteiger partial charge is 0.371 e. The minimum absolute atomic E-state index is 0.00985. The van der Waals surface area contributed by atoms with Gasteiger partial charge in [0.25, 0.3) is 5.91 Å². The van der Waals surface area contributed by atoms with Gasteiger partial charge in [0.2, 0.25) is 5.91 Å². The van der Waals surface area contributed by atoms with Gasteiger partial charge in [-0.3, -0.25) is 9.59 Å². The van der Waals surface area contributed by atoms with E-state index in [0.29, 0.717) is 31.2 Å². The lowest BCUT2D eigenvalue weighted by Gasteiger charge is -2.40. The summed E-state index contributed by atoms with van der Waals surface area (Å²) in [5, 5.41) is 0. The molecule has 1 aromatic rings. The van der Waals surface area contributed by atoms with E-state index >= 15 is 0 Å². The number of carbonyl (C=O) groups excluding carboxylic acids is 2. The van der Waals surface area contributed by atoms with Crippen LogP contribution in [-0.2, 0) is 9.53 Å². The first-order valence-corrected chi connectivity index (χ1v) is 7.48. The Morgan fingerprint density at radius 2 is 2.27 bits per heavy atom. The third-order valence-corrected chi connectivity index (χ3v) is 4.45. The molecule has 3 heterocycles. The Morgan fingerprint density at radius 3 is 3.05 bits per heavy atom. The van der Waals surface area contributed by atoms with E-state index in [1.54, 1.807) is 36.0 Å². The van der Waals surface area contributed by atoms with Crippen molar-refractivity contribution in [2.24, 2.45) is 5.92 Å². The lowest BCUT2D eigenvalue weighted by molar-refractivity contribution is -0.134. The average molecular weight is 304 g/mol. The van der Waals surface area contributed by atoms with Gasteiger partial charge in [-0.1, -0.05) is 0 Å². The van der Waals surface area contributed by atoms with E-state index in [2.05, 4.69) is 9.97 Å². The molecule has 0 unspecified atom stereocenters. The number of nitrogens with zero attached hydrogens (tertiary/aromatic N) is 4. The summed E-state index contributed by atoms with van der Waals surface area (Å²) in [6, 6.07) is 1.64. The van der Waals surface area contributed by atoms with Gasteiger partial charge in [-0.2, -0.15) is 0 Å². The first kappa shape index (κ1) is 14.9. The first-order chi connectivity index (χ1) is 10.6. The third kappa shape index (κ3) is 2.81. The highest BCUT2D eigenvalue weighted by Gasteiger charge is 2.38. The number of likely N-dealkylation sites (tertiary alicyclic amines) is 1. The summed E-state index contributed by atoms with van der Waals surface area (Å²) in [4.78, 5) is 36.3. The Hall–Kier alpha value is -2.02. The molecule has 118 valence electrons. The van der Waals surface area contributed by atoms with Crippen molar-refractivity contribution >= 4 is 11.8 Å². The van der Waals surface area contributed by atoms with Gasteiger partial charge in [0.15, 0.2) is 0 Å². The van der Waals surface area contributed by atoms with Crippen LogP contribution in [-0.4, -0.2) is 71.0 Å². The molecule has 0 radical (unpaired) electrons. The Labute approximate surface area is 129 Å². The fourth-order valence-corrected chi connectivity index (χ4v) is 3.12. The average Bonchev–Trinajstić information content (AvgIpc) is 2.66. The topological polar surface area (TPSA) is 75.6 Å². The molecule has 0 bridgehead atoms. The van der Waals surface area contributed by atoms with Gasteiger partial charge in [0.1, 0.15) is 18.1 Å². The summed E-state index contributed by atoms with van der Waals surface area (Å²) in [5.41, 5.74) is 0.407. The van der Waals surface area contributed by atoms with Gasteiger partial charge in [-0.25, -0.2) is 9.97 Å². The number of likely N-dealkylation sites (N-methyl/N-ethyl adjacent to an activating group) is 1. The molecule has 0 saturated carbocycles. The van der Waals surface area contributed by atoms with E-state index in [0.717, 1.165) is 6.42 Å². The lowest BCUT2D eigenvalue weighted by atomic mass is 9.91. The number of amides is 2. The molecule has 0 spiro atoms. The van der Waals surface area contributed by atoms with Crippen LogP contribution < -0.4 is 0 Å². The Balaban J connectivity index is 1.77. The molecule has 1 aromatic heterocycles. The van der Waals surface area contributed by atoms with Crippen LogP contribution in [0.15, 0.2) is 12.3 Å². The van der Waals surface area contributed by atoms with Crippen LogP contribution >= 0.6 is 0 Å². The second-order valence-corrected chi connectivity index (χ2v) is 5.88. The first-order valence-electron chi connectivity index (χ1n) is 7.48. The SMILES string of the molecule is Cc1nccc(C(=O)N2CC[C@H]3COCC(=O)N(C)[C@H]3C2)n1. The van der Waals surface area contributed by atoms with E-state index in [9.17, 15) is 9.59 Å². The van der Waals surface area contributed by atoms with Gasteiger partial charge in [-0.15, -0.1) is 0 Å². The van der Waals surface area contributed by atoms with Crippen LogP contribution in [0.2, 0.25) is 0 Å². The van der Waals surface area contributed by atoms with E-state index in [-0.39, 0.29) is 30.4 Å². The standard InChI is InChI=1S/C15H20N4O3/c1-10-16-5-3-12(17-10)15(21)19-6-4-11-8-22-9-14(20)18(2)13(11)7-19/h3,5,11,13H,4,6-9H2,1-2H3/t11-,13-/m0/s1. The Morgan fingerprint density at radius 1 is 1.45 bits per heavy atom. The van der Waals surface area contributed by atoms with Crippen LogP contribution in [0.3, 0.4) is 0 Å². The number of rotatable bonds is 1. The minimum atomic E-state index is -0.102. The van der Waals surface area contributed by atoms with Crippen LogP contribution in [0.1, 0.15) is 22.7 Å². The summed E-state index contributed by atoms with van der Waals surface area (Å²) < 4.78 is 5.43. The predicted octanol–water partition coefficient (Wildman–Crippen LogP) is 0.104. The number of carbonyl (C=O) groups is 2. The molecule has 2 saturated heterocycles. The zero-order valence-corrected chi connectivity index (χ0v) is 12.9. The summed E-state index contributed by atoms with van der Waals surface area (Å²) >= 11 is 0. The van der Waals surface area contributed by atoms with Crippen molar-refractivity contribution in [1.29, 1.82) is 0 Å². The number of fused-ring (bicyclic) bond motifs is 1. The fourth-order valence-electron chi connectivity index (χ4n) is 3.12. The Bertz CT molecular complexity index is 592. The molecule has 2 amide bonds. The summed E-state index contributed by atoms with van der Waals surface area (Å²) in [5.74, 6) is 0.734. The maximum atomic E-state index is 12.6. The van der Waals surface area contributed by atoms with Crippen molar-refractivity contribution in [3.05, 3.63) is 23.8 Å². The van der Waals surface area contributed by atoms with Gasteiger partial charge < -0.3 is 14.5 Å². The van der Waals surface area contributed by atoms with Crippen LogP contribution in [0.4, 0.5) is 0 Å². The van der Waals surface area contributed by atoms with Crippen molar-refractivity contribution in [3.8, 4) is 0 Å². The summed E-state index contributed by atoms with van der Waals surface area (Å²) in [7, 11) is 1.79. The molecule has 7 nitrogen and oxygen atoms in total. The zero-order valence-electron chi connectivity index (χ0n) is 12.9. The number of ether oxygens (including phenoxy) is 1. The highest BCUT2D eigenvalue weighted by molar-refractivity contribution is 5.92. The van der Waals surface area contributed by atoms with Gasteiger partial charge >= 0.3 is 0 Å². The maximum absolute atomic E-state index is 12.6. The molecule has 7 heteroatoms. The number of hydrogen-bond acceptors (Lipinski definition) is 5. The van der Waals surface area contributed by atoms with E-state index in [1.807, 2.05) is 0 Å². The van der Waals surface area contributed by atoms with Crippen LogP contribution in [0, 0.1) is 12.8 Å². The van der Waals surface area contributed by atoms with Crippen molar-refractivity contribution in [3.63, 3.8) is 0 Å². The summed E-state index contributed by atoms with van der Waals surface area (Å²) in [6.07, 6.45) is 2.43. The predicted molar refractivity (Wildman–Crippen MR) is 78.2 cm³/mol. The van der Waals surface area contributed by atoms with Crippen molar-refractivity contribution in [2.45, 2.75) is 19.4 Å². The molecular formula is C15H20N4O3. The quantitative estimate of drug-likeness (QED) is 0.736. The highest BCUT2D eigenvalue weighted by Crippen LogP contribution is 2.25. The van der Waals surface area contributed by atoms with E-state index < -0.39 is 0 Å². The normalized spacial score (nSPS) is 25.6. The van der Waals surface area contributed by atoms with Crippen molar-refractivity contribution in [2.75, 3.05) is 33.4 Å².